The Labute approximate surface area is 155 Å². The fraction of sp³-hybridized carbons (Fsp3) is 0.500. The van der Waals surface area contributed by atoms with Crippen LogP contribution in [0.15, 0.2) is 47.1 Å². The van der Waals surface area contributed by atoms with E-state index in [1.54, 1.807) is 0 Å². The second-order valence-corrected chi connectivity index (χ2v) is 8.19. The first-order chi connectivity index (χ1) is 11.7. The maximum atomic E-state index is 4.66. The summed E-state index contributed by atoms with van der Waals surface area (Å²) in [6.07, 6.45) is 13.2. The number of nitrogens with zero attached hydrogens (tertiary/aromatic N) is 1. The van der Waals surface area contributed by atoms with E-state index in [4.69, 9.17) is 0 Å². The van der Waals surface area contributed by atoms with Crippen molar-refractivity contribution < 1.29 is 0 Å². The van der Waals surface area contributed by atoms with Crippen molar-refractivity contribution in [1.29, 1.82) is 0 Å². The number of aromatic nitrogens is 1. The molecule has 0 unspecified atom stereocenters. The van der Waals surface area contributed by atoms with Gasteiger partial charge in [-0.05, 0) is 48.4 Å². The van der Waals surface area contributed by atoms with Gasteiger partial charge in [-0.2, -0.15) is 0 Å². The first kappa shape index (κ1) is 17.7. The minimum Gasteiger partial charge on any atom is -0.256 e. The van der Waals surface area contributed by atoms with Crippen molar-refractivity contribution in [1.82, 2.24) is 4.98 Å². The van der Waals surface area contributed by atoms with Crippen LogP contribution >= 0.6 is 15.9 Å². The van der Waals surface area contributed by atoms with Crippen LogP contribution in [0.2, 0.25) is 0 Å². The highest BCUT2D eigenvalue weighted by Crippen LogP contribution is 2.33. The molecule has 1 aromatic carbocycles. The van der Waals surface area contributed by atoms with E-state index in [-0.39, 0.29) is 0 Å². The molecule has 1 aliphatic rings. The number of hydrogen-bond acceptors (Lipinski definition) is 1. The van der Waals surface area contributed by atoms with Gasteiger partial charge in [0.2, 0.25) is 0 Å². The molecule has 0 radical (unpaired) electrons. The molecule has 128 valence electrons. The quantitative estimate of drug-likeness (QED) is 0.518. The van der Waals surface area contributed by atoms with E-state index in [9.17, 15) is 0 Å². The van der Waals surface area contributed by atoms with Crippen LogP contribution in [0, 0.1) is 11.8 Å². The third-order valence-electron chi connectivity index (χ3n) is 5.47. The molecule has 0 aliphatic heterocycles. The van der Waals surface area contributed by atoms with Crippen LogP contribution in [0.1, 0.15) is 57.4 Å². The number of hydrogen-bond donors (Lipinski definition) is 0. The highest BCUT2D eigenvalue weighted by Gasteiger charge is 2.20. The Morgan fingerprint density at radius 3 is 2.17 bits per heavy atom. The maximum absolute atomic E-state index is 4.66. The smallest absolute Gasteiger partial charge is 0.0702 e. The Morgan fingerprint density at radius 2 is 1.58 bits per heavy atom. The topological polar surface area (TPSA) is 12.9 Å². The summed E-state index contributed by atoms with van der Waals surface area (Å²) in [6.45, 7) is 2.32. The standard InChI is InChI=1S/C22H28BrN/c1-2-3-17-4-6-18(7-5-17)8-9-19-10-15-22(24-16-19)20-11-13-21(23)14-12-20/h10-18H,2-9H2,1H3. The molecule has 1 heterocycles. The first-order valence-corrected chi connectivity index (χ1v) is 10.2. The Bertz CT molecular complexity index is 609. The monoisotopic (exact) mass is 385 g/mol. The van der Waals surface area contributed by atoms with Crippen molar-refractivity contribution in [3.63, 3.8) is 0 Å². The number of pyridine rings is 1. The largest absolute Gasteiger partial charge is 0.256 e. The van der Waals surface area contributed by atoms with Gasteiger partial charge in [0.1, 0.15) is 0 Å². The predicted octanol–water partition coefficient (Wildman–Crippen LogP) is 7.05. The minimum atomic E-state index is 0.934. The lowest BCUT2D eigenvalue weighted by molar-refractivity contribution is 0.252. The number of halogens is 1. The molecule has 1 aromatic heterocycles. The molecule has 0 amide bonds. The van der Waals surface area contributed by atoms with Gasteiger partial charge in [-0.25, -0.2) is 0 Å². The highest BCUT2D eigenvalue weighted by atomic mass is 79.9. The second kappa shape index (κ2) is 8.80. The van der Waals surface area contributed by atoms with Gasteiger partial charge in [0.25, 0.3) is 0 Å². The van der Waals surface area contributed by atoms with Crippen LogP contribution in [0.5, 0.6) is 0 Å². The lowest BCUT2D eigenvalue weighted by Crippen LogP contribution is -2.15. The Kier molecular flexibility index (Phi) is 6.48. The zero-order valence-corrected chi connectivity index (χ0v) is 16.3. The van der Waals surface area contributed by atoms with Gasteiger partial charge in [0.15, 0.2) is 0 Å². The molecule has 0 saturated heterocycles. The van der Waals surface area contributed by atoms with Crippen LogP contribution in [0.3, 0.4) is 0 Å². The number of aryl methyl sites for hydroxylation is 1. The van der Waals surface area contributed by atoms with E-state index in [2.05, 4.69) is 70.4 Å². The molecular weight excluding hydrogens is 358 g/mol. The van der Waals surface area contributed by atoms with E-state index >= 15 is 0 Å². The molecule has 2 heteroatoms. The van der Waals surface area contributed by atoms with Crippen molar-refractivity contribution in [3.05, 3.63) is 52.6 Å². The Hall–Kier alpha value is -1.15. The Balaban J connectivity index is 1.49. The fourth-order valence-electron chi connectivity index (χ4n) is 3.95. The van der Waals surface area contributed by atoms with Crippen LogP contribution in [0.25, 0.3) is 11.3 Å². The van der Waals surface area contributed by atoms with E-state index in [0.29, 0.717) is 0 Å². The van der Waals surface area contributed by atoms with Crippen LogP contribution in [-0.2, 0) is 6.42 Å². The van der Waals surface area contributed by atoms with Crippen molar-refractivity contribution in [2.75, 3.05) is 0 Å². The third kappa shape index (κ3) is 4.92. The summed E-state index contributed by atoms with van der Waals surface area (Å²) < 4.78 is 1.11. The first-order valence-electron chi connectivity index (χ1n) is 9.45. The summed E-state index contributed by atoms with van der Waals surface area (Å²) in [7, 11) is 0. The Morgan fingerprint density at radius 1 is 0.917 bits per heavy atom. The highest BCUT2D eigenvalue weighted by molar-refractivity contribution is 9.10. The SMILES string of the molecule is CCCC1CCC(CCc2ccc(-c3ccc(Br)cc3)nc2)CC1. The molecule has 0 N–H and O–H groups in total. The zero-order chi connectivity index (χ0) is 16.8. The van der Waals surface area contributed by atoms with Gasteiger partial charge >= 0.3 is 0 Å². The molecular formula is C22H28BrN. The third-order valence-corrected chi connectivity index (χ3v) is 6.00. The normalized spacial score (nSPS) is 20.9. The van der Waals surface area contributed by atoms with E-state index < -0.39 is 0 Å². The van der Waals surface area contributed by atoms with Gasteiger partial charge in [0.05, 0.1) is 5.69 Å². The summed E-state index contributed by atoms with van der Waals surface area (Å²) in [5.41, 5.74) is 3.62. The van der Waals surface area contributed by atoms with Crippen LogP contribution < -0.4 is 0 Å². The van der Waals surface area contributed by atoms with Crippen molar-refractivity contribution in [2.24, 2.45) is 11.8 Å². The summed E-state index contributed by atoms with van der Waals surface area (Å²) in [4.78, 5) is 4.66. The van der Waals surface area contributed by atoms with Crippen molar-refractivity contribution in [2.45, 2.75) is 58.3 Å². The van der Waals surface area contributed by atoms with Gasteiger partial charge in [-0.15, -0.1) is 0 Å². The van der Waals surface area contributed by atoms with E-state index in [1.807, 2.05) is 0 Å². The van der Waals surface area contributed by atoms with E-state index in [0.717, 1.165) is 22.0 Å². The van der Waals surface area contributed by atoms with E-state index in [1.165, 1.54) is 62.5 Å². The zero-order valence-electron chi connectivity index (χ0n) is 14.7. The molecule has 2 aromatic rings. The van der Waals surface area contributed by atoms with Gasteiger partial charge in [-0.1, -0.05) is 79.6 Å². The molecule has 24 heavy (non-hydrogen) atoms. The number of benzene rings is 1. The van der Waals surface area contributed by atoms with Gasteiger partial charge < -0.3 is 0 Å². The molecule has 1 nitrogen and oxygen atoms in total. The molecule has 3 rings (SSSR count). The number of rotatable bonds is 6. The second-order valence-electron chi connectivity index (χ2n) is 7.27. The minimum absolute atomic E-state index is 0.934. The molecule has 1 aliphatic carbocycles. The maximum Gasteiger partial charge on any atom is 0.0702 e. The van der Waals surface area contributed by atoms with Crippen LogP contribution in [-0.4, -0.2) is 4.98 Å². The van der Waals surface area contributed by atoms with Gasteiger partial charge in [0, 0.05) is 16.2 Å². The predicted molar refractivity (Wildman–Crippen MR) is 106 cm³/mol. The fourth-order valence-corrected chi connectivity index (χ4v) is 4.22. The average Bonchev–Trinajstić information content (AvgIpc) is 2.63. The molecule has 1 saturated carbocycles. The molecule has 0 bridgehead atoms. The summed E-state index contributed by atoms with van der Waals surface area (Å²) in [5, 5.41) is 0. The lowest BCUT2D eigenvalue weighted by atomic mass is 9.78. The summed E-state index contributed by atoms with van der Waals surface area (Å²) in [6, 6.07) is 12.8. The summed E-state index contributed by atoms with van der Waals surface area (Å²) in [5.74, 6) is 1.95. The summed E-state index contributed by atoms with van der Waals surface area (Å²) >= 11 is 3.48. The molecule has 0 spiro atoms. The molecule has 0 atom stereocenters. The lowest BCUT2D eigenvalue weighted by Gasteiger charge is -2.28. The van der Waals surface area contributed by atoms with Gasteiger partial charge in [-0.3, -0.25) is 4.98 Å². The van der Waals surface area contributed by atoms with Crippen molar-refractivity contribution >= 4 is 15.9 Å². The van der Waals surface area contributed by atoms with Crippen LogP contribution in [0.4, 0.5) is 0 Å². The molecule has 1 fully saturated rings. The average molecular weight is 386 g/mol. The van der Waals surface area contributed by atoms with Crippen molar-refractivity contribution in [3.8, 4) is 11.3 Å².